The monoisotopic (exact) mass is 1030 g/mol. The molecule has 0 radical (unpaired) electrons. The zero-order chi connectivity index (χ0) is 53.6. The summed E-state index contributed by atoms with van der Waals surface area (Å²) < 4.78 is 102. The van der Waals surface area contributed by atoms with E-state index in [4.69, 9.17) is 9.47 Å². The first-order valence-electron chi connectivity index (χ1n) is 24.4. The zero-order valence-electron chi connectivity index (χ0n) is 41.1. The van der Waals surface area contributed by atoms with Crippen molar-refractivity contribution in [2.45, 2.75) is 62.8 Å². The number of carbonyl (C=O) groups is 4. The Kier molecular flexibility index (Phi) is 11.7. The van der Waals surface area contributed by atoms with E-state index in [2.05, 4.69) is 0 Å². The molecule has 3 aliphatic rings. The van der Waals surface area contributed by atoms with Crippen LogP contribution in [0.1, 0.15) is 114 Å². The van der Waals surface area contributed by atoms with Gasteiger partial charge in [0.1, 0.15) is 23.0 Å². The van der Waals surface area contributed by atoms with Gasteiger partial charge in [-0.1, -0.05) is 111 Å². The van der Waals surface area contributed by atoms with Gasteiger partial charge in [0.25, 0.3) is 23.6 Å². The van der Waals surface area contributed by atoms with Crippen LogP contribution in [-0.2, 0) is 10.8 Å². The molecule has 2 aliphatic heterocycles. The van der Waals surface area contributed by atoms with E-state index in [1.54, 1.807) is 56.3 Å². The average molecular weight is 1030 g/mol. The number of alkyl halides is 6. The summed E-state index contributed by atoms with van der Waals surface area (Å²) in [5.74, 6) is -1.36. The Bertz CT molecular complexity index is 3600. The number of benzene rings is 8. The van der Waals surface area contributed by atoms with Crippen molar-refractivity contribution in [1.29, 1.82) is 0 Å². The third kappa shape index (κ3) is 7.51. The van der Waals surface area contributed by atoms with Crippen LogP contribution in [0.2, 0.25) is 0 Å². The Balaban J connectivity index is 0.874. The van der Waals surface area contributed by atoms with Crippen LogP contribution in [0.15, 0.2) is 182 Å². The predicted octanol–water partition coefficient (Wildman–Crippen LogP) is 15.0. The maximum Gasteiger partial charge on any atom is 0.411 e. The first-order chi connectivity index (χ1) is 36.2. The number of rotatable bonds is 11. The highest BCUT2D eigenvalue weighted by atomic mass is 19.4. The molecule has 0 bridgehead atoms. The maximum absolute atomic E-state index is 15.1. The van der Waals surface area contributed by atoms with Crippen molar-refractivity contribution in [2.75, 3.05) is 4.90 Å². The van der Waals surface area contributed by atoms with Gasteiger partial charge in [-0.05, 0) is 155 Å². The lowest BCUT2D eigenvalue weighted by Gasteiger charge is -2.38. The predicted molar refractivity (Wildman–Crippen MR) is 273 cm³/mol. The molecule has 8 aromatic rings. The summed E-state index contributed by atoms with van der Waals surface area (Å²) in [5, 5.41) is 0. The van der Waals surface area contributed by atoms with Crippen LogP contribution < -0.4 is 14.4 Å². The minimum Gasteiger partial charge on any atom is -0.457 e. The van der Waals surface area contributed by atoms with Gasteiger partial charge in [0, 0.05) is 6.04 Å². The van der Waals surface area contributed by atoms with Gasteiger partial charge in [-0.25, -0.2) is 4.90 Å². The number of hydrogen-bond donors (Lipinski definition) is 0. The van der Waals surface area contributed by atoms with Crippen LogP contribution in [0.3, 0.4) is 0 Å². The molecular formula is C62H44F6N2O6. The summed E-state index contributed by atoms with van der Waals surface area (Å²) in [6.45, 7) is 7.55. The van der Waals surface area contributed by atoms with Crippen molar-refractivity contribution in [3.05, 3.63) is 243 Å². The summed E-state index contributed by atoms with van der Waals surface area (Å²) in [7, 11) is 0. The molecule has 0 atom stereocenters. The molecule has 1 aliphatic carbocycles. The van der Waals surface area contributed by atoms with E-state index in [1.807, 2.05) is 80.6 Å². The lowest BCUT2D eigenvalue weighted by Crippen LogP contribution is -2.54. The second-order valence-electron chi connectivity index (χ2n) is 19.6. The molecule has 380 valence electrons. The Morgan fingerprint density at radius 1 is 0.421 bits per heavy atom. The average Bonchev–Trinajstić information content (AvgIpc) is 4.02. The number of imide groups is 2. The van der Waals surface area contributed by atoms with Gasteiger partial charge >= 0.3 is 12.4 Å². The van der Waals surface area contributed by atoms with Crippen LogP contribution >= 0.6 is 0 Å². The van der Waals surface area contributed by atoms with Crippen LogP contribution in [0.4, 0.5) is 32.0 Å². The number of halogens is 6. The van der Waals surface area contributed by atoms with Crippen molar-refractivity contribution in [1.82, 2.24) is 4.90 Å². The molecule has 76 heavy (non-hydrogen) atoms. The third-order valence-corrected chi connectivity index (χ3v) is 14.7. The van der Waals surface area contributed by atoms with Gasteiger partial charge in [0.05, 0.1) is 33.4 Å². The van der Waals surface area contributed by atoms with E-state index < -0.39 is 52.0 Å². The molecule has 11 rings (SSSR count). The number of anilines is 1. The first kappa shape index (κ1) is 49.4. The number of fused-ring (bicyclic) bond motifs is 5. The summed E-state index contributed by atoms with van der Waals surface area (Å²) in [6, 6.07) is 45.4. The number of ether oxygens (including phenoxy) is 2. The van der Waals surface area contributed by atoms with Crippen LogP contribution in [0.25, 0.3) is 11.1 Å². The van der Waals surface area contributed by atoms with Crippen molar-refractivity contribution in [3.63, 3.8) is 0 Å². The van der Waals surface area contributed by atoms with Crippen LogP contribution in [0.5, 0.6) is 23.0 Å². The topological polar surface area (TPSA) is 93.2 Å². The number of nitrogens with zero attached hydrogens (tertiary/aromatic N) is 2. The largest absolute Gasteiger partial charge is 0.457 e. The van der Waals surface area contributed by atoms with E-state index in [9.17, 15) is 19.2 Å². The van der Waals surface area contributed by atoms with E-state index in [1.165, 1.54) is 29.2 Å². The summed E-state index contributed by atoms with van der Waals surface area (Å²) in [5.41, 5.74) is -0.783. The van der Waals surface area contributed by atoms with Crippen LogP contribution in [-0.4, -0.2) is 46.9 Å². The smallest absolute Gasteiger partial charge is 0.411 e. The first-order valence-corrected chi connectivity index (χ1v) is 24.4. The molecular weight excluding hydrogens is 983 g/mol. The fourth-order valence-corrected chi connectivity index (χ4v) is 11.1. The van der Waals surface area contributed by atoms with Gasteiger partial charge in [0.15, 0.2) is 0 Å². The van der Waals surface area contributed by atoms with E-state index in [-0.39, 0.29) is 57.5 Å². The highest BCUT2D eigenvalue weighted by molar-refractivity contribution is 6.34. The van der Waals surface area contributed by atoms with Gasteiger partial charge < -0.3 is 9.47 Å². The van der Waals surface area contributed by atoms with Gasteiger partial charge in [0.2, 0.25) is 5.41 Å². The minimum absolute atomic E-state index is 0.0442. The van der Waals surface area contributed by atoms with Gasteiger partial charge in [-0.15, -0.1) is 0 Å². The standard InChI is InChI=1S/C62H44F6N2O6/c1-35(2)37-13-23-43(24-14-37)75-44-25-15-38(16-26-44)60(61(63,64)65,62(66,67)68)39-17-27-45(28-18-39)76-46-29-21-42(22-30-46)70-56(72)50-32-20-41(34-52(50)58(70)74)59(53-11-7-5-9-47(53)48-10-6-8-12-54(48)59)40-19-31-49-51(33-40)57(73)69(36(3)4)55(49)71/h5-36H,1-4H3. The third-order valence-electron chi connectivity index (χ3n) is 14.7. The summed E-state index contributed by atoms with van der Waals surface area (Å²) in [4.78, 5) is 58.1. The molecule has 0 unspecified atom stereocenters. The second kappa shape index (κ2) is 18.0. The lowest BCUT2D eigenvalue weighted by molar-refractivity contribution is -0.288. The maximum atomic E-state index is 15.1. The molecule has 14 heteroatoms. The molecule has 0 aromatic heterocycles. The van der Waals surface area contributed by atoms with Gasteiger partial charge in [-0.2, -0.15) is 26.3 Å². The SMILES string of the molecule is CC(C)c1ccc(Oc2ccc(C(c3ccc(Oc4ccc(N5C(=O)c6ccc(C7(c8ccc9c(c8)C(=O)N(C(C)C)C9=O)c8ccccc8-c8ccccc87)cc6C5=O)cc4)cc3)(C(F)(F)F)C(F)(F)F)cc2)cc1. The normalized spacial score (nSPS) is 14.8. The van der Waals surface area contributed by atoms with Crippen molar-refractivity contribution in [2.24, 2.45) is 0 Å². The molecule has 0 spiro atoms. The molecule has 0 saturated carbocycles. The van der Waals surface area contributed by atoms with Crippen LogP contribution in [0, 0.1) is 0 Å². The summed E-state index contributed by atoms with van der Waals surface area (Å²) in [6.07, 6.45) is -11.7. The Labute approximate surface area is 432 Å². The van der Waals surface area contributed by atoms with Gasteiger partial charge in [-0.3, -0.25) is 24.1 Å². The minimum atomic E-state index is -5.83. The molecule has 4 amide bonds. The van der Waals surface area contributed by atoms with E-state index >= 15 is 26.3 Å². The highest BCUT2D eigenvalue weighted by Crippen LogP contribution is 2.58. The Morgan fingerprint density at radius 3 is 1.24 bits per heavy atom. The molecule has 0 saturated heterocycles. The van der Waals surface area contributed by atoms with Crippen molar-refractivity contribution < 1.29 is 55.0 Å². The molecule has 0 fully saturated rings. The number of hydrogen-bond acceptors (Lipinski definition) is 6. The number of amides is 4. The molecule has 2 heterocycles. The molecule has 8 nitrogen and oxygen atoms in total. The van der Waals surface area contributed by atoms with Crippen molar-refractivity contribution >= 4 is 29.3 Å². The molecule has 0 N–H and O–H groups in total. The van der Waals surface area contributed by atoms with E-state index in [0.29, 0.717) is 22.4 Å². The number of carbonyl (C=O) groups excluding carboxylic acids is 4. The van der Waals surface area contributed by atoms with Crippen molar-refractivity contribution in [3.8, 4) is 34.1 Å². The fraction of sp³-hybridized carbons (Fsp3) is 0.161. The zero-order valence-corrected chi connectivity index (χ0v) is 41.1. The fourth-order valence-electron chi connectivity index (χ4n) is 11.1. The summed E-state index contributed by atoms with van der Waals surface area (Å²) >= 11 is 0. The Morgan fingerprint density at radius 2 is 0.803 bits per heavy atom. The quantitative estimate of drug-likeness (QED) is 0.0946. The molecule has 8 aromatic carbocycles. The Hall–Kier alpha value is -8.78. The lowest BCUT2D eigenvalue weighted by atomic mass is 9.67. The second-order valence-corrected chi connectivity index (χ2v) is 19.6. The highest BCUT2D eigenvalue weighted by Gasteiger charge is 2.72. The van der Waals surface area contributed by atoms with E-state index in [0.717, 1.165) is 81.2 Å².